The van der Waals surface area contributed by atoms with Gasteiger partial charge in [-0.25, -0.2) is 4.98 Å². The molecule has 2 amide bonds. The summed E-state index contributed by atoms with van der Waals surface area (Å²) in [4.78, 5) is 31.8. The number of nitrogens with one attached hydrogen (secondary N) is 2. The van der Waals surface area contributed by atoms with Crippen molar-refractivity contribution in [2.75, 3.05) is 18.4 Å². The van der Waals surface area contributed by atoms with Crippen LogP contribution in [0.5, 0.6) is 0 Å². The Bertz CT molecular complexity index is 944. The first-order valence-corrected chi connectivity index (χ1v) is 10.5. The Balaban J connectivity index is 1.75. The number of aryl methyl sites for hydroxylation is 1. The van der Waals surface area contributed by atoms with E-state index in [0.717, 1.165) is 30.0 Å². The Hall–Kier alpha value is -2.33. The number of carbonyl (C=O) groups excluding carboxylic acids is 2. The van der Waals surface area contributed by atoms with Gasteiger partial charge in [-0.2, -0.15) is 5.10 Å². The lowest BCUT2D eigenvalue weighted by molar-refractivity contribution is -0.134. The Morgan fingerprint density at radius 2 is 2.29 bits per heavy atom. The van der Waals surface area contributed by atoms with E-state index in [1.807, 2.05) is 18.4 Å². The number of aromatic nitrogens is 4. The van der Waals surface area contributed by atoms with Gasteiger partial charge < -0.3 is 10.2 Å². The molecule has 28 heavy (non-hydrogen) atoms. The van der Waals surface area contributed by atoms with Crippen LogP contribution in [0.25, 0.3) is 10.7 Å². The van der Waals surface area contributed by atoms with Gasteiger partial charge in [-0.3, -0.25) is 19.3 Å². The van der Waals surface area contributed by atoms with Gasteiger partial charge in [0, 0.05) is 26.1 Å². The monoisotopic (exact) mass is 420 g/mol. The fourth-order valence-electron chi connectivity index (χ4n) is 3.30. The quantitative estimate of drug-likeness (QED) is 0.553. The Kier molecular flexibility index (Phi) is 6.40. The lowest BCUT2D eigenvalue weighted by atomic mass is 9.97. The molecule has 150 valence electrons. The van der Waals surface area contributed by atoms with Crippen LogP contribution in [0.3, 0.4) is 0 Å². The highest BCUT2D eigenvalue weighted by Crippen LogP contribution is 2.32. The summed E-state index contributed by atoms with van der Waals surface area (Å²) in [7, 11) is 0. The highest BCUT2D eigenvalue weighted by Gasteiger charge is 2.28. The van der Waals surface area contributed by atoms with Crippen LogP contribution in [0, 0.1) is 17.6 Å². The zero-order valence-electron chi connectivity index (χ0n) is 16.0. The van der Waals surface area contributed by atoms with Gasteiger partial charge in [0.25, 0.3) is 0 Å². The average molecular weight is 421 g/mol. The van der Waals surface area contributed by atoms with Gasteiger partial charge >= 0.3 is 0 Å². The number of hydrogen-bond acceptors (Lipinski definition) is 6. The third-order valence-corrected chi connectivity index (χ3v) is 6.13. The Morgan fingerprint density at radius 3 is 3.00 bits per heavy atom. The molecule has 1 aliphatic rings. The first kappa shape index (κ1) is 20.4. The molecule has 8 nitrogen and oxygen atoms in total. The molecule has 10 heteroatoms. The number of H-pyrrole nitrogens is 1. The van der Waals surface area contributed by atoms with E-state index in [4.69, 9.17) is 12.2 Å². The Morgan fingerprint density at radius 1 is 1.50 bits per heavy atom. The van der Waals surface area contributed by atoms with E-state index in [0.29, 0.717) is 35.2 Å². The molecule has 0 aromatic carbocycles. The molecule has 1 fully saturated rings. The zero-order valence-corrected chi connectivity index (χ0v) is 17.7. The van der Waals surface area contributed by atoms with E-state index in [1.54, 1.807) is 11.0 Å². The SMILES string of the molecule is C=CCn1c(-c2sc(NC(=O)[C@H]3CCCN(C(=O)CC)C3)nc2C)n[nH]c1=S. The minimum absolute atomic E-state index is 0.0925. The maximum atomic E-state index is 12.7. The fourth-order valence-corrected chi connectivity index (χ4v) is 4.47. The van der Waals surface area contributed by atoms with Crippen LogP contribution in [0.15, 0.2) is 12.7 Å². The molecule has 1 atom stereocenters. The highest BCUT2D eigenvalue weighted by molar-refractivity contribution is 7.71. The number of amides is 2. The van der Waals surface area contributed by atoms with Crippen LogP contribution in [-0.2, 0) is 16.1 Å². The maximum Gasteiger partial charge on any atom is 0.231 e. The zero-order chi connectivity index (χ0) is 20.3. The lowest BCUT2D eigenvalue weighted by Gasteiger charge is -2.31. The third-order valence-electron chi connectivity index (χ3n) is 4.75. The summed E-state index contributed by atoms with van der Waals surface area (Å²) in [5.41, 5.74) is 0.769. The van der Waals surface area contributed by atoms with Crippen LogP contribution in [0.2, 0.25) is 0 Å². The number of thiazole rings is 1. The number of anilines is 1. The number of carbonyl (C=O) groups is 2. The van der Waals surface area contributed by atoms with E-state index < -0.39 is 0 Å². The summed E-state index contributed by atoms with van der Waals surface area (Å²) in [6, 6.07) is 0. The number of allylic oxidation sites excluding steroid dienone is 1. The molecule has 0 aliphatic carbocycles. The van der Waals surface area contributed by atoms with E-state index >= 15 is 0 Å². The Labute approximate surface area is 172 Å². The summed E-state index contributed by atoms with van der Waals surface area (Å²) < 4.78 is 2.35. The molecule has 0 spiro atoms. The van der Waals surface area contributed by atoms with Crippen LogP contribution >= 0.6 is 23.6 Å². The number of aromatic amines is 1. The molecule has 2 N–H and O–H groups in total. The van der Waals surface area contributed by atoms with E-state index in [1.165, 1.54) is 11.3 Å². The summed E-state index contributed by atoms with van der Waals surface area (Å²) in [5, 5.41) is 10.5. The second-order valence-corrected chi connectivity index (χ2v) is 8.09. The molecule has 1 aliphatic heterocycles. The summed E-state index contributed by atoms with van der Waals surface area (Å²) in [5.74, 6) is 0.457. The van der Waals surface area contributed by atoms with Crippen molar-refractivity contribution in [3.63, 3.8) is 0 Å². The normalized spacial score (nSPS) is 16.8. The van der Waals surface area contributed by atoms with Gasteiger partial charge in [0.2, 0.25) is 11.8 Å². The van der Waals surface area contributed by atoms with Crippen LogP contribution in [0.1, 0.15) is 31.9 Å². The molecule has 3 heterocycles. The minimum Gasteiger partial charge on any atom is -0.342 e. The number of likely N-dealkylation sites (tertiary alicyclic amines) is 1. The molecule has 0 unspecified atom stereocenters. The van der Waals surface area contributed by atoms with Gasteiger partial charge in [-0.15, -0.1) is 6.58 Å². The van der Waals surface area contributed by atoms with E-state index in [9.17, 15) is 9.59 Å². The molecule has 2 aromatic rings. The van der Waals surface area contributed by atoms with Crippen molar-refractivity contribution in [2.45, 2.75) is 39.7 Å². The second-order valence-electron chi connectivity index (χ2n) is 6.71. The predicted molar refractivity (Wildman–Crippen MR) is 112 cm³/mol. The number of piperidine rings is 1. The average Bonchev–Trinajstić information content (AvgIpc) is 3.23. The van der Waals surface area contributed by atoms with Crippen molar-refractivity contribution in [1.29, 1.82) is 0 Å². The van der Waals surface area contributed by atoms with Gasteiger partial charge in [-0.1, -0.05) is 24.3 Å². The third kappa shape index (κ3) is 4.22. The molecule has 0 bridgehead atoms. The smallest absolute Gasteiger partial charge is 0.231 e. The predicted octanol–water partition coefficient (Wildman–Crippen LogP) is 3.15. The molecule has 1 saturated heterocycles. The maximum absolute atomic E-state index is 12.7. The topological polar surface area (TPSA) is 95.9 Å². The van der Waals surface area contributed by atoms with Crippen molar-refractivity contribution >= 4 is 40.5 Å². The fraction of sp³-hybridized carbons (Fsp3) is 0.500. The van der Waals surface area contributed by atoms with Gasteiger partial charge in [0.05, 0.1) is 16.5 Å². The van der Waals surface area contributed by atoms with Crippen molar-refractivity contribution in [3.8, 4) is 10.7 Å². The molecule has 2 aromatic heterocycles. The number of rotatable bonds is 6. The van der Waals surface area contributed by atoms with Gasteiger partial charge in [0.15, 0.2) is 15.7 Å². The molecular weight excluding hydrogens is 396 g/mol. The van der Waals surface area contributed by atoms with E-state index in [-0.39, 0.29) is 17.7 Å². The summed E-state index contributed by atoms with van der Waals surface area (Å²) in [6.07, 6.45) is 3.82. The standard InChI is InChI=1S/C18H24N6O2S2/c1-4-8-24-15(21-22-18(24)27)14-11(3)19-17(28-14)20-16(26)12-7-6-9-23(10-12)13(25)5-2/h4,12H,1,5-10H2,2-3H3,(H,22,27)(H,19,20,26)/t12-/m0/s1. The van der Waals surface area contributed by atoms with Crippen molar-refractivity contribution in [3.05, 3.63) is 23.1 Å². The van der Waals surface area contributed by atoms with Crippen molar-refractivity contribution < 1.29 is 9.59 Å². The van der Waals surface area contributed by atoms with Crippen molar-refractivity contribution in [1.82, 2.24) is 24.6 Å². The molecular formula is C18H24N6O2S2. The highest BCUT2D eigenvalue weighted by atomic mass is 32.1. The molecule has 0 saturated carbocycles. The van der Waals surface area contributed by atoms with Gasteiger partial charge in [-0.05, 0) is 32.0 Å². The first-order valence-electron chi connectivity index (χ1n) is 9.27. The van der Waals surface area contributed by atoms with E-state index in [2.05, 4.69) is 27.1 Å². The summed E-state index contributed by atoms with van der Waals surface area (Å²) in [6.45, 7) is 9.19. The lowest BCUT2D eigenvalue weighted by Crippen LogP contribution is -2.43. The molecule has 3 rings (SSSR count). The van der Waals surface area contributed by atoms with Crippen LogP contribution in [-0.4, -0.2) is 49.6 Å². The van der Waals surface area contributed by atoms with Crippen LogP contribution in [0.4, 0.5) is 5.13 Å². The molecule has 0 radical (unpaired) electrons. The van der Waals surface area contributed by atoms with Crippen molar-refractivity contribution in [2.24, 2.45) is 5.92 Å². The number of hydrogen-bond donors (Lipinski definition) is 2. The largest absolute Gasteiger partial charge is 0.342 e. The number of nitrogens with zero attached hydrogens (tertiary/aromatic N) is 4. The van der Waals surface area contributed by atoms with Gasteiger partial charge in [0.1, 0.15) is 0 Å². The first-order chi connectivity index (χ1) is 13.4. The van der Waals surface area contributed by atoms with Crippen LogP contribution < -0.4 is 5.32 Å². The second kappa shape index (κ2) is 8.78. The minimum atomic E-state index is -0.216. The summed E-state index contributed by atoms with van der Waals surface area (Å²) >= 11 is 6.63.